The highest BCUT2D eigenvalue weighted by Crippen LogP contribution is 2.28. The molecule has 2 aromatic carbocycles. The van der Waals surface area contributed by atoms with E-state index in [2.05, 4.69) is 5.32 Å². The molecule has 2 rings (SSSR count). The number of nitro groups is 1. The van der Waals surface area contributed by atoms with E-state index in [1.165, 1.54) is 31.4 Å². The summed E-state index contributed by atoms with van der Waals surface area (Å²) < 4.78 is 10.5. The number of ether oxygens (including phenoxy) is 2. The lowest BCUT2D eigenvalue weighted by Gasteiger charge is -2.12. The van der Waals surface area contributed by atoms with Gasteiger partial charge in [0.2, 0.25) is 0 Å². The summed E-state index contributed by atoms with van der Waals surface area (Å²) in [6, 6.07) is 10.8. The SMILES string of the molecule is COc1cc(C#N)ccc1OCC(=O)Nc1cc([N+](=O)[O-])ccc1C. The average molecular weight is 341 g/mol. The summed E-state index contributed by atoms with van der Waals surface area (Å²) in [5.74, 6) is 0.167. The number of carbonyl (C=O) groups excluding carboxylic acids is 1. The Morgan fingerprint density at radius 2 is 2.04 bits per heavy atom. The Balaban J connectivity index is 2.06. The van der Waals surface area contributed by atoms with Crippen LogP contribution in [0.25, 0.3) is 0 Å². The highest BCUT2D eigenvalue weighted by atomic mass is 16.6. The summed E-state index contributed by atoms with van der Waals surface area (Å²) in [5.41, 5.74) is 1.32. The first-order chi connectivity index (χ1) is 11.9. The third-order valence-electron chi connectivity index (χ3n) is 3.36. The first kappa shape index (κ1) is 17.7. The van der Waals surface area contributed by atoms with Crippen LogP contribution in [0.4, 0.5) is 11.4 Å². The summed E-state index contributed by atoms with van der Waals surface area (Å²) in [6.45, 7) is 1.41. The van der Waals surface area contributed by atoms with Crippen molar-refractivity contribution >= 4 is 17.3 Å². The van der Waals surface area contributed by atoms with Gasteiger partial charge in [-0.05, 0) is 24.6 Å². The third-order valence-corrected chi connectivity index (χ3v) is 3.36. The molecule has 0 bridgehead atoms. The van der Waals surface area contributed by atoms with E-state index in [4.69, 9.17) is 14.7 Å². The highest BCUT2D eigenvalue weighted by molar-refractivity contribution is 5.93. The van der Waals surface area contributed by atoms with Gasteiger partial charge in [-0.25, -0.2) is 0 Å². The molecule has 0 aliphatic heterocycles. The number of hydrogen-bond acceptors (Lipinski definition) is 6. The third kappa shape index (κ3) is 4.45. The predicted molar refractivity (Wildman–Crippen MR) is 89.7 cm³/mol. The van der Waals surface area contributed by atoms with Crippen LogP contribution >= 0.6 is 0 Å². The predicted octanol–water partition coefficient (Wildman–Crippen LogP) is 2.80. The zero-order valence-corrected chi connectivity index (χ0v) is 13.6. The van der Waals surface area contributed by atoms with Gasteiger partial charge in [-0.2, -0.15) is 5.26 Å². The summed E-state index contributed by atoms with van der Waals surface area (Å²) >= 11 is 0. The van der Waals surface area contributed by atoms with Gasteiger partial charge < -0.3 is 14.8 Å². The fourth-order valence-corrected chi connectivity index (χ4v) is 2.04. The van der Waals surface area contributed by atoms with E-state index in [-0.39, 0.29) is 12.3 Å². The van der Waals surface area contributed by atoms with Crippen LogP contribution in [0.3, 0.4) is 0 Å². The molecule has 0 saturated heterocycles. The van der Waals surface area contributed by atoms with E-state index in [1.54, 1.807) is 19.1 Å². The van der Waals surface area contributed by atoms with E-state index in [9.17, 15) is 14.9 Å². The lowest BCUT2D eigenvalue weighted by atomic mass is 10.2. The maximum atomic E-state index is 12.0. The van der Waals surface area contributed by atoms with Crippen molar-refractivity contribution < 1.29 is 19.2 Å². The first-order valence-electron chi connectivity index (χ1n) is 7.20. The van der Waals surface area contributed by atoms with Crippen LogP contribution in [0.5, 0.6) is 11.5 Å². The fourth-order valence-electron chi connectivity index (χ4n) is 2.04. The van der Waals surface area contributed by atoms with E-state index < -0.39 is 10.8 Å². The zero-order chi connectivity index (χ0) is 18.4. The summed E-state index contributed by atoms with van der Waals surface area (Å²) in [7, 11) is 1.43. The van der Waals surface area contributed by atoms with Gasteiger partial charge in [0.25, 0.3) is 11.6 Å². The number of methoxy groups -OCH3 is 1. The van der Waals surface area contributed by atoms with Gasteiger partial charge in [-0.3, -0.25) is 14.9 Å². The van der Waals surface area contributed by atoms with Gasteiger partial charge in [0.15, 0.2) is 18.1 Å². The molecule has 0 fully saturated rings. The van der Waals surface area contributed by atoms with Gasteiger partial charge in [0.1, 0.15) is 0 Å². The van der Waals surface area contributed by atoms with Crippen molar-refractivity contribution in [3.8, 4) is 17.6 Å². The molecule has 0 saturated carbocycles. The van der Waals surface area contributed by atoms with E-state index >= 15 is 0 Å². The number of hydrogen-bond donors (Lipinski definition) is 1. The van der Waals surface area contributed by atoms with Crippen molar-refractivity contribution in [3.05, 3.63) is 57.6 Å². The number of amides is 1. The molecule has 0 radical (unpaired) electrons. The van der Waals surface area contributed by atoms with Gasteiger partial charge in [0, 0.05) is 18.2 Å². The van der Waals surface area contributed by atoms with Crippen LogP contribution in [0.15, 0.2) is 36.4 Å². The lowest BCUT2D eigenvalue weighted by molar-refractivity contribution is -0.384. The van der Waals surface area contributed by atoms with Crippen molar-refractivity contribution in [3.63, 3.8) is 0 Å². The molecule has 1 N–H and O–H groups in total. The molecule has 1 amide bonds. The lowest BCUT2D eigenvalue weighted by Crippen LogP contribution is -2.21. The number of rotatable bonds is 6. The molecule has 25 heavy (non-hydrogen) atoms. The van der Waals surface area contributed by atoms with Crippen molar-refractivity contribution in [2.45, 2.75) is 6.92 Å². The summed E-state index contributed by atoms with van der Waals surface area (Å²) in [5, 5.41) is 22.2. The van der Waals surface area contributed by atoms with Gasteiger partial charge >= 0.3 is 0 Å². The highest BCUT2D eigenvalue weighted by Gasteiger charge is 2.13. The van der Waals surface area contributed by atoms with Crippen molar-refractivity contribution in [2.75, 3.05) is 19.0 Å². The topological polar surface area (TPSA) is 114 Å². The number of non-ortho nitro benzene ring substituents is 1. The maximum Gasteiger partial charge on any atom is 0.271 e. The minimum atomic E-state index is -0.535. The van der Waals surface area contributed by atoms with Gasteiger partial charge in [-0.1, -0.05) is 6.07 Å². The summed E-state index contributed by atoms with van der Waals surface area (Å²) in [4.78, 5) is 22.3. The van der Waals surface area contributed by atoms with Crippen LogP contribution < -0.4 is 14.8 Å². The molecule has 0 aliphatic rings. The first-order valence-corrected chi connectivity index (χ1v) is 7.20. The van der Waals surface area contributed by atoms with E-state index in [1.807, 2.05) is 6.07 Å². The number of carbonyl (C=O) groups is 1. The Kier molecular flexibility index (Phi) is 5.53. The van der Waals surface area contributed by atoms with Crippen LogP contribution in [0.1, 0.15) is 11.1 Å². The zero-order valence-electron chi connectivity index (χ0n) is 13.6. The second-order valence-corrected chi connectivity index (χ2v) is 5.07. The molecule has 0 heterocycles. The molecule has 0 spiro atoms. The Bertz CT molecular complexity index is 858. The number of aryl methyl sites for hydroxylation is 1. The van der Waals surface area contributed by atoms with Crippen LogP contribution in [-0.4, -0.2) is 24.5 Å². The van der Waals surface area contributed by atoms with Crippen LogP contribution in [0.2, 0.25) is 0 Å². The molecule has 0 aliphatic carbocycles. The number of nitrogens with zero attached hydrogens (tertiary/aromatic N) is 2. The fraction of sp³-hybridized carbons (Fsp3) is 0.176. The number of nitro benzene ring substituents is 1. The molecule has 8 heteroatoms. The molecular formula is C17H15N3O5. The summed E-state index contributed by atoms with van der Waals surface area (Å²) in [6.07, 6.45) is 0. The Morgan fingerprint density at radius 1 is 1.28 bits per heavy atom. The molecule has 0 unspecified atom stereocenters. The maximum absolute atomic E-state index is 12.0. The Labute approximate surface area is 143 Å². The van der Waals surface area contributed by atoms with Crippen molar-refractivity contribution in [1.82, 2.24) is 0 Å². The van der Waals surface area contributed by atoms with E-state index in [0.29, 0.717) is 28.3 Å². The minimum Gasteiger partial charge on any atom is -0.493 e. The molecule has 0 aromatic heterocycles. The molecular weight excluding hydrogens is 326 g/mol. The Hall–Kier alpha value is -3.60. The van der Waals surface area contributed by atoms with Crippen molar-refractivity contribution in [1.29, 1.82) is 5.26 Å². The standard InChI is InChI=1S/C17H15N3O5/c1-11-3-5-13(20(22)23)8-14(11)19-17(21)10-25-15-6-4-12(9-18)7-16(15)24-2/h3-8H,10H2,1-2H3,(H,19,21). The second kappa shape index (κ2) is 7.79. The smallest absolute Gasteiger partial charge is 0.271 e. The average Bonchev–Trinajstić information content (AvgIpc) is 2.61. The second-order valence-electron chi connectivity index (χ2n) is 5.07. The van der Waals surface area contributed by atoms with Gasteiger partial charge in [0.05, 0.1) is 29.4 Å². The van der Waals surface area contributed by atoms with Crippen LogP contribution in [0, 0.1) is 28.4 Å². The molecule has 0 atom stereocenters. The van der Waals surface area contributed by atoms with Crippen LogP contribution in [-0.2, 0) is 4.79 Å². The molecule has 2 aromatic rings. The van der Waals surface area contributed by atoms with E-state index in [0.717, 1.165) is 0 Å². The minimum absolute atomic E-state index is 0.115. The number of benzene rings is 2. The van der Waals surface area contributed by atoms with Gasteiger partial charge in [-0.15, -0.1) is 0 Å². The quantitative estimate of drug-likeness (QED) is 0.638. The molecule has 8 nitrogen and oxygen atoms in total. The number of nitrogens with one attached hydrogen (secondary N) is 1. The largest absolute Gasteiger partial charge is 0.493 e. The molecule has 128 valence electrons. The number of nitriles is 1. The monoisotopic (exact) mass is 341 g/mol. The number of anilines is 1. The Morgan fingerprint density at radius 3 is 2.68 bits per heavy atom. The van der Waals surface area contributed by atoms with Crippen molar-refractivity contribution in [2.24, 2.45) is 0 Å². The normalized spacial score (nSPS) is 9.80.